The lowest BCUT2D eigenvalue weighted by atomic mass is 10.1. The summed E-state index contributed by atoms with van der Waals surface area (Å²) in [6.45, 7) is 4.20. The van der Waals surface area contributed by atoms with Crippen molar-refractivity contribution in [2.75, 3.05) is 39.5 Å². The van der Waals surface area contributed by atoms with E-state index in [1.54, 1.807) is 0 Å². The summed E-state index contributed by atoms with van der Waals surface area (Å²) in [6, 6.07) is 12.8. The third kappa shape index (κ3) is 4.55. The van der Waals surface area contributed by atoms with Gasteiger partial charge in [0.2, 0.25) is 20.0 Å². The van der Waals surface area contributed by atoms with Gasteiger partial charge in [-0.1, -0.05) is 12.1 Å². The summed E-state index contributed by atoms with van der Waals surface area (Å²) in [5, 5.41) is 0. The molecule has 0 amide bonds. The number of rotatable bonds is 7. The quantitative estimate of drug-likeness (QED) is 0.605. The second-order valence-corrected chi connectivity index (χ2v) is 11.6. The van der Waals surface area contributed by atoms with Crippen LogP contribution >= 0.6 is 0 Å². The summed E-state index contributed by atoms with van der Waals surface area (Å²) >= 11 is 0. The van der Waals surface area contributed by atoms with Crippen molar-refractivity contribution in [2.24, 2.45) is 0 Å². The first-order valence-corrected chi connectivity index (χ1v) is 13.6. The van der Waals surface area contributed by atoms with Crippen molar-refractivity contribution in [1.29, 1.82) is 0 Å². The van der Waals surface area contributed by atoms with Crippen molar-refractivity contribution in [3.63, 3.8) is 0 Å². The van der Waals surface area contributed by atoms with Crippen molar-refractivity contribution >= 4 is 20.0 Å². The highest BCUT2D eigenvalue weighted by Crippen LogP contribution is 2.37. The molecule has 1 atom stereocenters. The Morgan fingerprint density at radius 3 is 2.06 bits per heavy atom. The van der Waals surface area contributed by atoms with Crippen molar-refractivity contribution in [1.82, 2.24) is 8.61 Å². The van der Waals surface area contributed by atoms with Gasteiger partial charge in [0.15, 0.2) is 0 Å². The molecule has 2 aromatic rings. The summed E-state index contributed by atoms with van der Waals surface area (Å²) in [5.74, 6) is 0.751. The normalized spacial score (nSPS) is 21.0. The van der Waals surface area contributed by atoms with E-state index in [2.05, 4.69) is 0 Å². The second kappa shape index (κ2) is 9.48. The van der Waals surface area contributed by atoms with E-state index < -0.39 is 20.0 Å². The molecule has 2 aliphatic heterocycles. The zero-order chi connectivity index (χ0) is 22.8. The minimum atomic E-state index is -3.77. The number of benzene rings is 2. The van der Waals surface area contributed by atoms with Gasteiger partial charge in [0.1, 0.15) is 5.75 Å². The van der Waals surface area contributed by atoms with Gasteiger partial charge in [-0.25, -0.2) is 16.8 Å². The number of ether oxygens (including phenoxy) is 2. The SMILES string of the molecule is CCOc1ccc(C2CCCN2S(=O)(=O)c2ccc(S(=O)(=O)N3CCOCC3)cc2)cc1. The van der Waals surface area contributed by atoms with Crippen molar-refractivity contribution in [3.05, 3.63) is 54.1 Å². The van der Waals surface area contributed by atoms with Gasteiger partial charge in [0.25, 0.3) is 0 Å². The maximum Gasteiger partial charge on any atom is 0.243 e. The summed E-state index contributed by atoms with van der Waals surface area (Å²) in [6.07, 6.45) is 1.50. The van der Waals surface area contributed by atoms with Crippen LogP contribution in [0.1, 0.15) is 31.4 Å². The largest absolute Gasteiger partial charge is 0.494 e. The van der Waals surface area contributed by atoms with Crippen molar-refractivity contribution < 1.29 is 26.3 Å². The maximum atomic E-state index is 13.4. The molecule has 0 bridgehead atoms. The Bertz CT molecular complexity index is 1130. The van der Waals surface area contributed by atoms with Gasteiger partial charge in [0, 0.05) is 19.6 Å². The van der Waals surface area contributed by atoms with Crippen LogP contribution in [-0.2, 0) is 24.8 Å². The molecule has 0 radical (unpaired) electrons. The van der Waals surface area contributed by atoms with E-state index in [1.807, 2.05) is 31.2 Å². The van der Waals surface area contributed by atoms with Crippen molar-refractivity contribution in [2.45, 2.75) is 35.6 Å². The van der Waals surface area contributed by atoms with E-state index in [1.165, 1.54) is 32.9 Å². The second-order valence-electron chi connectivity index (χ2n) is 7.76. The van der Waals surface area contributed by atoms with E-state index in [4.69, 9.17) is 9.47 Å². The number of hydrogen-bond donors (Lipinski definition) is 0. The molecule has 1 unspecified atom stereocenters. The number of nitrogens with zero attached hydrogens (tertiary/aromatic N) is 2. The van der Waals surface area contributed by atoms with Crippen LogP contribution in [0, 0.1) is 0 Å². The molecule has 0 aliphatic carbocycles. The number of hydrogen-bond acceptors (Lipinski definition) is 6. The van der Waals surface area contributed by atoms with Gasteiger partial charge < -0.3 is 9.47 Å². The first-order chi connectivity index (χ1) is 15.3. The summed E-state index contributed by atoms with van der Waals surface area (Å²) in [4.78, 5) is 0.180. The lowest BCUT2D eigenvalue weighted by Crippen LogP contribution is -2.40. The molecule has 2 heterocycles. The van der Waals surface area contributed by atoms with E-state index >= 15 is 0 Å². The predicted molar refractivity (Wildman–Crippen MR) is 119 cm³/mol. The fourth-order valence-electron chi connectivity index (χ4n) is 4.17. The molecule has 2 aromatic carbocycles. The minimum Gasteiger partial charge on any atom is -0.494 e. The van der Waals surface area contributed by atoms with Crippen LogP contribution in [0.15, 0.2) is 58.3 Å². The molecule has 0 aromatic heterocycles. The monoisotopic (exact) mass is 480 g/mol. The number of morpholine rings is 1. The molecular formula is C22H28N2O6S2. The van der Waals surface area contributed by atoms with Crippen LogP contribution in [0.5, 0.6) is 5.75 Å². The highest BCUT2D eigenvalue weighted by Gasteiger charge is 2.36. The molecule has 8 nitrogen and oxygen atoms in total. The molecule has 0 saturated carbocycles. The molecule has 174 valence electrons. The molecule has 2 saturated heterocycles. The molecule has 32 heavy (non-hydrogen) atoms. The molecule has 4 rings (SSSR count). The van der Waals surface area contributed by atoms with E-state index in [-0.39, 0.29) is 15.8 Å². The van der Waals surface area contributed by atoms with E-state index in [0.717, 1.165) is 24.2 Å². The van der Waals surface area contributed by atoms with Crippen LogP contribution < -0.4 is 4.74 Å². The van der Waals surface area contributed by atoms with Gasteiger partial charge in [-0.15, -0.1) is 0 Å². The van der Waals surface area contributed by atoms with Crippen LogP contribution in [-0.4, -0.2) is 64.9 Å². The first kappa shape index (κ1) is 23.2. The fourth-order valence-corrected chi connectivity index (χ4v) is 7.26. The zero-order valence-corrected chi connectivity index (χ0v) is 19.6. The summed E-state index contributed by atoms with van der Waals surface area (Å²) < 4.78 is 66.0. The average molecular weight is 481 g/mol. The van der Waals surface area contributed by atoms with Crippen LogP contribution in [0.25, 0.3) is 0 Å². The molecular weight excluding hydrogens is 452 g/mol. The molecule has 10 heteroatoms. The standard InChI is InChI=1S/C22H28N2O6S2/c1-2-30-19-7-5-18(6-8-19)22-4-3-13-24(22)32(27,28)21-11-9-20(10-12-21)31(25,26)23-14-16-29-17-15-23/h5-12,22H,2-4,13-17H2,1H3. The van der Waals surface area contributed by atoms with Gasteiger partial charge in [0.05, 0.1) is 35.7 Å². The highest BCUT2D eigenvalue weighted by molar-refractivity contribution is 7.89. The van der Waals surface area contributed by atoms with Crippen LogP contribution in [0.4, 0.5) is 0 Å². The Hall–Kier alpha value is -1.98. The summed E-state index contributed by atoms with van der Waals surface area (Å²) in [7, 11) is -7.44. The Morgan fingerprint density at radius 2 is 1.47 bits per heavy atom. The molecule has 0 N–H and O–H groups in total. The van der Waals surface area contributed by atoms with Crippen LogP contribution in [0.3, 0.4) is 0 Å². The Labute approximate surface area is 189 Å². The lowest BCUT2D eigenvalue weighted by molar-refractivity contribution is 0.0730. The first-order valence-electron chi connectivity index (χ1n) is 10.8. The number of sulfonamides is 2. The molecule has 2 aliphatic rings. The highest BCUT2D eigenvalue weighted by atomic mass is 32.2. The fraction of sp³-hybridized carbons (Fsp3) is 0.455. The predicted octanol–water partition coefficient (Wildman–Crippen LogP) is 2.63. The van der Waals surface area contributed by atoms with Gasteiger partial charge in [-0.3, -0.25) is 0 Å². The molecule has 2 fully saturated rings. The minimum absolute atomic E-state index is 0.0860. The average Bonchev–Trinajstić information content (AvgIpc) is 3.31. The Balaban J connectivity index is 1.56. The zero-order valence-electron chi connectivity index (χ0n) is 18.0. The Kier molecular flexibility index (Phi) is 6.87. The van der Waals surface area contributed by atoms with Crippen LogP contribution in [0.2, 0.25) is 0 Å². The smallest absolute Gasteiger partial charge is 0.243 e. The summed E-state index contributed by atoms with van der Waals surface area (Å²) in [5.41, 5.74) is 0.918. The third-order valence-electron chi connectivity index (χ3n) is 5.82. The molecule has 0 spiro atoms. The Morgan fingerprint density at radius 1 is 0.875 bits per heavy atom. The van der Waals surface area contributed by atoms with E-state index in [0.29, 0.717) is 39.5 Å². The third-order valence-corrected chi connectivity index (χ3v) is 9.65. The van der Waals surface area contributed by atoms with Gasteiger partial charge >= 0.3 is 0 Å². The topological polar surface area (TPSA) is 93.2 Å². The lowest BCUT2D eigenvalue weighted by Gasteiger charge is -2.26. The van der Waals surface area contributed by atoms with Gasteiger partial charge in [-0.05, 0) is 61.7 Å². The van der Waals surface area contributed by atoms with Gasteiger partial charge in [-0.2, -0.15) is 8.61 Å². The maximum absolute atomic E-state index is 13.4. The van der Waals surface area contributed by atoms with Crippen molar-refractivity contribution in [3.8, 4) is 5.75 Å². The van der Waals surface area contributed by atoms with E-state index in [9.17, 15) is 16.8 Å².